The van der Waals surface area contributed by atoms with Gasteiger partial charge in [0.25, 0.3) is 0 Å². The van der Waals surface area contributed by atoms with Crippen molar-refractivity contribution < 1.29 is 8.81 Å². The molecule has 1 heterocycles. The highest BCUT2D eigenvalue weighted by atomic mass is 19.1. The molecule has 0 amide bonds. The van der Waals surface area contributed by atoms with Crippen LogP contribution in [0.25, 0.3) is 0 Å². The van der Waals surface area contributed by atoms with Crippen molar-refractivity contribution in [3.05, 3.63) is 59.8 Å². The predicted molar refractivity (Wildman–Crippen MR) is 65.0 cm³/mol. The summed E-state index contributed by atoms with van der Waals surface area (Å²) in [5.74, 6) is 0.720. The highest BCUT2D eigenvalue weighted by molar-refractivity contribution is 5.17. The van der Waals surface area contributed by atoms with Gasteiger partial charge < -0.3 is 9.73 Å². The van der Waals surface area contributed by atoms with E-state index in [9.17, 15) is 4.39 Å². The van der Waals surface area contributed by atoms with E-state index in [-0.39, 0.29) is 11.9 Å². The van der Waals surface area contributed by atoms with E-state index >= 15 is 0 Å². The third-order valence-corrected chi connectivity index (χ3v) is 2.79. The van der Waals surface area contributed by atoms with Crippen LogP contribution < -0.4 is 5.32 Å². The molecular weight excluding hydrogens is 217 g/mol. The van der Waals surface area contributed by atoms with Crippen molar-refractivity contribution in [2.75, 3.05) is 0 Å². The topological polar surface area (TPSA) is 25.2 Å². The Hall–Kier alpha value is -1.61. The van der Waals surface area contributed by atoms with E-state index in [1.165, 1.54) is 6.07 Å². The molecule has 1 N–H and O–H groups in total. The number of nitrogens with one attached hydrogen (secondary N) is 1. The first-order valence-electron chi connectivity index (χ1n) is 5.81. The summed E-state index contributed by atoms with van der Waals surface area (Å²) < 4.78 is 18.8. The quantitative estimate of drug-likeness (QED) is 0.852. The number of halogens is 1. The molecule has 0 aliphatic carbocycles. The lowest BCUT2D eigenvalue weighted by molar-refractivity contribution is 0.400. The molecule has 1 aromatic carbocycles. The van der Waals surface area contributed by atoms with Gasteiger partial charge in [0.15, 0.2) is 0 Å². The van der Waals surface area contributed by atoms with Crippen molar-refractivity contribution >= 4 is 0 Å². The second kappa shape index (κ2) is 5.64. The third kappa shape index (κ3) is 2.94. The number of hydrogen-bond donors (Lipinski definition) is 1. The van der Waals surface area contributed by atoms with Crippen LogP contribution in [0.2, 0.25) is 0 Å². The lowest BCUT2D eigenvalue weighted by Crippen LogP contribution is -2.20. The van der Waals surface area contributed by atoms with Crippen LogP contribution in [0.3, 0.4) is 0 Å². The van der Waals surface area contributed by atoms with Crippen LogP contribution in [0, 0.1) is 5.82 Å². The zero-order valence-electron chi connectivity index (χ0n) is 9.82. The summed E-state index contributed by atoms with van der Waals surface area (Å²) in [6, 6.07) is 10.7. The molecule has 2 rings (SSSR count). The minimum atomic E-state index is -0.172. The van der Waals surface area contributed by atoms with Gasteiger partial charge >= 0.3 is 0 Å². The van der Waals surface area contributed by atoms with Gasteiger partial charge in [-0.1, -0.05) is 25.1 Å². The largest absolute Gasteiger partial charge is 0.468 e. The molecule has 0 aliphatic rings. The fourth-order valence-electron chi connectivity index (χ4n) is 1.81. The van der Waals surface area contributed by atoms with E-state index in [0.29, 0.717) is 12.1 Å². The summed E-state index contributed by atoms with van der Waals surface area (Å²) in [6.45, 7) is 2.58. The van der Waals surface area contributed by atoms with Gasteiger partial charge in [-0.25, -0.2) is 4.39 Å². The maximum Gasteiger partial charge on any atom is 0.127 e. The Morgan fingerprint density at radius 2 is 2.06 bits per heavy atom. The van der Waals surface area contributed by atoms with Crippen LogP contribution in [-0.4, -0.2) is 0 Å². The summed E-state index contributed by atoms with van der Waals surface area (Å²) >= 11 is 0. The number of benzene rings is 1. The molecule has 0 saturated carbocycles. The molecule has 2 aromatic rings. The molecule has 1 atom stereocenters. The van der Waals surface area contributed by atoms with Crippen molar-refractivity contribution in [1.82, 2.24) is 5.32 Å². The molecule has 90 valence electrons. The Balaban J connectivity index is 2.00. The minimum absolute atomic E-state index is 0.129. The standard InChI is InChI=1S/C14H16FNO/c1-2-13(14-8-5-9-17-14)16-10-11-6-3-4-7-12(11)15/h3-9,13,16H,2,10H2,1H3. The molecule has 0 fully saturated rings. The SMILES string of the molecule is CCC(NCc1ccccc1F)c1ccco1. The summed E-state index contributed by atoms with van der Waals surface area (Å²) in [5, 5.41) is 3.30. The van der Waals surface area contributed by atoms with Gasteiger partial charge in [-0.15, -0.1) is 0 Å². The molecule has 0 aliphatic heterocycles. The third-order valence-electron chi connectivity index (χ3n) is 2.79. The Morgan fingerprint density at radius 1 is 1.24 bits per heavy atom. The van der Waals surface area contributed by atoms with E-state index in [0.717, 1.165) is 12.2 Å². The molecule has 17 heavy (non-hydrogen) atoms. The van der Waals surface area contributed by atoms with E-state index in [4.69, 9.17) is 4.42 Å². The van der Waals surface area contributed by atoms with E-state index in [1.54, 1.807) is 18.4 Å². The Bertz CT molecular complexity index is 453. The van der Waals surface area contributed by atoms with Crippen molar-refractivity contribution in [3.63, 3.8) is 0 Å². The summed E-state index contributed by atoms with van der Waals surface area (Å²) in [5.41, 5.74) is 0.678. The van der Waals surface area contributed by atoms with Crippen LogP contribution >= 0.6 is 0 Å². The molecule has 0 spiro atoms. The zero-order valence-corrected chi connectivity index (χ0v) is 9.82. The molecule has 0 saturated heterocycles. The fraction of sp³-hybridized carbons (Fsp3) is 0.286. The molecule has 1 aromatic heterocycles. The number of hydrogen-bond acceptors (Lipinski definition) is 2. The minimum Gasteiger partial charge on any atom is -0.468 e. The maximum absolute atomic E-state index is 13.4. The van der Waals surface area contributed by atoms with E-state index in [2.05, 4.69) is 12.2 Å². The smallest absolute Gasteiger partial charge is 0.127 e. The first kappa shape index (κ1) is 11.9. The van der Waals surface area contributed by atoms with Crippen molar-refractivity contribution in [1.29, 1.82) is 0 Å². The summed E-state index contributed by atoms with van der Waals surface area (Å²) in [6.07, 6.45) is 2.56. The number of rotatable bonds is 5. The summed E-state index contributed by atoms with van der Waals surface area (Å²) in [7, 11) is 0. The average Bonchev–Trinajstić information content (AvgIpc) is 2.86. The average molecular weight is 233 g/mol. The Morgan fingerprint density at radius 3 is 2.71 bits per heavy atom. The Kier molecular flexibility index (Phi) is 3.94. The van der Waals surface area contributed by atoms with Crippen molar-refractivity contribution in [3.8, 4) is 0 Å². The molecule has 1 unspecified atom stereocenters. The monoisotopic (exact) mass is 233 g/mol. The molecular formula is C14H16FNO. The van der Waals surface area contributed by atoms with Gasteiger partial charge in [0, 0.05) is 12.1 Å². The molecule has 3 heteroatoms. The van der Waals surface area contributed by atoms with Crippen LogP contribution in [-0.2, 0) is 6.54 Å². The lowest BCUT2D eigenvalue weighted by atomic mass is 10.1. The summed E-state index contributed by atoms with van der Waals surface area (Å²) in [4.78, 5) is 0. The molecule has 2 nitrogen and oxygen atoms in total. The van der Waals surface area contributed by atoms with E-state index < -0.39 is 0 Å². The van der Waals surface area contributed by atoms with Crippen LogP contribution in [0.4, 0.5) is 4.39 Å². The van der Waals surface area contributed by atoms with E-state index in [1.807, 2.05) is 18.2 Å². The first-order chi connectivity index (χ1) is 8.31. The fourth-order valence-corrected chi connectivity index (χ4v) is 1.81. The Labute approximate surface area is 100 Å². The van der Waals surface area contributed by atoms with Crippen molar-refractivity contribution in [2.45, 2.75) is 25.9 Å². The van der Waals surface area contributed by atoms with Gasteiger partial charge in [0.2, 0.25) is 0 Å². The van der Waals surface area contributed by atoms with Gasteiger partial charge in [0.05, 0.1) is 12.3 Å². The second-order valence-corrected chi connectivity index (χ2v) is 3.95. The number of furan rings is 1. The van der Waals surface area contributed by atoms with Crippen molar-refractivity contribution in [2.24, 2.45) is 0 Å². The normalized spacial score (nSPS) is 12.6. The molecule has 0 bridgehead atoms. The van der Waals surface area contributed by atoms with Crippen LogP contribution in [0.15, 0.2) is 47.1 Å². The lowest BCUT2D eigenvalue weighted by Gasteiger charge is -2.14. The maximum atomic E-state index is 13.4. The van der Waals surface area contributed by atoms with Gasteiger partial charge in [0.1, 0.15) is 11.6 Å². The predicted octanol–water partition coefficient (Wildman–Crippen LogP) is 3.66. The van der Waals surface area contributed by atoms with Crippen LogP contribution in [0.1, 0.15) is 30.7 Å². The van der Waals surface area contributed by atoms with Gasteiger partial charge in [-0.05, 0) is 24.6 Å². The van der Waals surface area contributed by atoms with Gasteiger partial charge in [-0.2, -0.15) is 0 Å². The molecule has 0 radical (unpaired) electrons. The first-order valence-corrected chi connectivity index (χ1v) is 5.81. The highest BCUT2D eigenvalue weighted by Gasteiger charge is 2.11. The zero-order chi connectivity index (χ0) is 12.1. The van der Waals surface area contributed by atoms with Crippen LogP contribution in [0.5, 0.6) is 0 Å². The highest BCUT2D eigenvalue weighted by Crippen LogP contribution is 2.18. The second-order valence-electron chi connectivity index (χ2n) is 3.95. The van der Waals surface area contributed by atoms with Gasteiger partial charge in [-0.3, -0.25) is 0 Å².